The van der Waals surface area contributed by atoms with Gasteiger partial charge in [0.15, 0.2) is 11.5 Å². The maximum atomic E-state index is 13.5. The molecule has 1 heterocycles. The molecule has 1 amide bonds. The molecule has 3 aromatic carbocycles. The van der Waals surface area contributed by atoms with Crippen LogP contribution in [0.25, 0.3) is 22.5 Å². The molecule has 0 bridgehead atoms. The number of halogens is 2. The Labute approximate surface area is 226 Å². The lowest BCUT2D eigenvalue weighted by molar-refractivity contribution is 0.101. The summed E-state index contributed by atoms with van der Waals surface area (Å²) in [6.07, 6.45) is 0. The molecule has 0 atom stereocenters. The zero-order valence-electron chi connectivity index (χ0n) is 22.1. The number of hydrogen-bond donors (Lipinski definition) is 1. The van der Waals surface area contributed by atoms with E-state index in [4.69, 9.17) is 9.47 Å². The van der Waals surface area contributed by atoms with Crippen molar-refractivity contribution in [2.24, 2.45) is 0 Å². The standard InChI is InChI=1S/C30H30F2N4O3/c1-4-36(5-2)16-17-39-27-15-14-24(18-28(27)38-3)33-30(37)29-34-25(20-6-10-22(31)11-7-20)19-26(35-29)21-8-12-23(32)13-9-21/h6-15,18-19H,4-5,16-17H2,1-3H3,(H,33,37). The fourth-order valence-corrected chi connectivity index (χ4v) is 3.96. The molecule has 39 heavy (non-hydrogen) atoms. The van der Waals surface area contributed by atoms with Crippen molar-refractivity contribution >= 4 is 11.6 Å². The molecule has 0 spiro atoms. The Morgan fingerprint density at radius 1 is 0.821 bits per heavy atom. The van der Waals surface area contributed by atoms with Crippen LogP contribution in [-0.2, 0) is 0 Å². The molecular formula is C30H30F2N4O3. The van der Waals surface area contributed by atoms with Crippen molar-refractivity contribution in [1.29, 1.82) is 0 Å². The highest BCUT2D eigenvalue weighted by molar-refractivity contribution is 6.02. The molecule has 0 fully saturated rings. The molecule has 0 aliphatic carbocycles. The van der Waals surface area contributed by atoms with Gasteiger partial charge in [0.1, 0.15) is 18.2 Å². The van der Waals surface area contributed by atoms with Crippen molar-refractivity contribution < 1.29 is 23.0 Å². The summed E-state index contributed by atoms with van der Waals surface area (Å²) in [4.78, 5) is 24.4. The molecule has 0 radical (unpaired) electrons. The number of rotatable bonds is 11. The zero-order chi connectivity index (χ0) is 27.8. The first kappa shape index (κ1) is 27.7. The van der Waals surface area contributed by atoms with Gasteiger partial charge >= 0.3 is 0 Å². The van der Waals surface area contributed by atoms with Crippen LogP contribution in [0.1, 0.15) is 24.5 Å². The molecule has 4 aromatic rings. The van der Waals surface area contributed by atoms with Gasteiger partial charge in [-0.3, -0.25) is 4.79 Å². The van der Waals surface area contributed by atoms with E-state index in [1.54, 1.807) is 48.5 Å². The predicted octanol–water partition coefficient (Wildman–Crippen LogP) is 6.07. The molecule has 0 saturated heterocycles. The van der Waals surface area contributed by atoms with Gasteiger partial charge in [0.05, 0.1) is 18.5 Å². The molecule has 0 aliphatic heterocycles. The number of carbonyl (C=O) groups is 1. The maximum absolute atomic E-state index is 13.5. The molecule has 9 heteroatoms. The Bertz CT molecular complexity index is 1350. The molecule has 0 unspecified atom stereocenters. The Hall–Kier alpha value is -4.37. The minimum atomic E-state index is -0.556. The molecule has 7 nitrogen and oxygen atoms in total. The van der Waals surface area contributed by atoms with Gasteiger partial charge in [0.2, 0.25) is 5.82 Å². The van der Waals surface area contributed by atoms with Crippen LogP contribution in [0.4, 0.5) is 14.5 Å². The number of benzene rings is 3. The summed E-state index contributed by atoms with van der Waals surface area (Å²) in [5.74, 6) is -0.400. The number of aromatic nitrogens is 2. The highest BCUT2D eigenvalue weighted by atomic mass is 19.1. The van der Waals surface area contributed by atoms with Crippen LogP contribution >= 0.6 is 0 Å². The van der Waals surface area contributed by atoms with Crippen LogP contribution in [0, 0.1) is 11.6 Å². The van der Waals surface area contributed by atoms with E-state index in [0.717, 1.165) is 19.6 Å². The number of anilines is 1. The summed E-state index contributed by atoms with van der Waals surface area (Å²) >= 11 is 0. The fraction of sp³-hybridized carbons (Fsp3) is 0.233. The average Bonchev–Trinajstić information content (AvgIpc) is 2.96. The molecular weight excluding hydrogens is 502 g/mol. The smallest absolute Gasteiger partial charge is 0.293 e. The van der Waals surface area contributed by atoms with Gasteiger partial charge in [-0.05, 0) is 79.8 Å². The van der Waals surface area contributed by atoms with E-state index in [9.17, 15) is 13.6 Å². The van der Waals surface area contributed by atoms with Crippen molar-refractivity contribution in [3.63, 3.8) is 0 Å². The molecule has 4 rings (SSSR count). The van der Waals surface area contributed by atoms with Gasteiger partial charge in [0, 0.05) is 29.4 Å². The van der Waals surface area contributed by atoms with E-state index in [1.807, 2.05) is 0 Å². The summed E-state index contributed by atoms with van der Waals surface area (Å²) in [6, 6.07) is 18.3. The average molecular weight is 533 g/mol. The summed E-state index contributed by atoms with van der Waals surface area (Å²) in [5.41, 5.74) is 2.51. The number of likely N-dealkylation sites (N-methyl/N-ethyl adjacent to an activating group) is 1. The Morgan fingerprint density at radius 3 is 1.90 bits per heavy atom. The van der Waals surface area contributed by atoms with Gasteiger partial charge < -0.3 is 19.7 Å². The van der Waals surface area contributed by atoms with Crippen molar-refractivity contribution in [3.05, 3.63) is 90.3 Å². The van der Waals surface area contributed by atoms with Crippen molar-refractivity contribution in [2.75, 3.05) is 38.7 Å². The van der Waals surface area contributed by atoms with Crippen LogP contribution < -0.4 is 14.8 Å². The zero-order valence-corrected chi connectivity index (χ0v) is 22.1. The predicted molar refractivity (Wildman–Crippen MR) is 147 cm³/mol. The van der Waals surface area contributed by atoms with Gasteiger partial charge in [-0.2, -0.15) is 0 Å². The first-order valence-corrected chi connectivity index (χ1v) is 12.7. The topological polar surface area (TPSA) is 76.6 Å². The van der Waals surface area contributed by atoms with Crippen LogP contribution in [0.5, 0.6) is 11.5 Å². The number of methoxy groups -OCH3 is 1. The van der Waals surface area contributed by atoms with Crippen LogP contribution in [-0.4, -0.2) is 54.1 Å². The summed E-state index contributed by atoms with van der Waals surface area (Å²) in [7, 11) is 1.53. The number of ether oxygens (including phenoxy) is 2. The van der Waals surface area contributed by atoms with Crippen LogP contribution in [0.3, 0.4) is 0 Å². The second kappa shape index (κ2) is 12.9. The second-order valence-electron chi connectivity index (χ2n) is 8.67. The van der Waals surface area contributed by atoms with E-state index in [1.165, 1.54) is 31.4 Å². The molecule has 202 valence electrons. The Kier molecular flexibility index (Phi) is 9.17. The molecule has 0 saturated carbocycles. The minimum Gasteiger partial charge on any atom is -0.493 e. The van der Waals surface area contributed by atoms with E-state index < -0.39 is 5.91 Å². The molecule has 1 aromatic heterocycles. The van der Waals surface area contributed by atoms with Gasteiger partial charge in [0.25, 0.3) is 5.91 Å². The van der Waals surface area contributed by atoms with Crippen molar-refractivity contribution in [1.82, 2.24) is 14.9 Å². The van der Waals surface area contributed by atoms with E-state index in [0.29, 0.717) is 46.3 Å². The number of nitrogens with one attached hydrogen (secondary N) is 1. The van der Waals surface area contributed by atoms with Crippen LogP contribution in [0.2, 0.25) is 0 Å². The first-order chi connectivity index (χ1) is 18.9. The Morgan fingerprint density at radius 2 is 1.38 bits per heavy atom. The summed E-state index contributed by atoms with van der Waals surface area (Å²) in [5, 5.41) is 2.80. The lowest BCUT2D eigenvalue weighted by atomic mass is 10.1. The normalized spacial score (nSPS) is 10.9. The highest BCUT2D eigenvalue weighted by Crippen LogP contribution is 2.31. The van der Waals surface area contributed by atoms with E-state index >= 15 is 0 Å². The largest absolute Gasteiger partial charge is 0.493 e. The number of hydrogen-bond acceptors (Lipinski definition) is 6. The van der Waals surface area contributed by atoms with Gasteiger partial charge in [-0.25, -0.2) is 18.7 Å². The van der Waals surface area contributed by atoms with E-state index in [2.05, 4.69) is 34.0 Å². The van der Waals surface area contributed by atoms with Crippen molar-refractivity contribution in [3.8, 4) is 34.0 Å². The second-order valence-corrected chi connectivity index (χ2v) is 8.67. The van der Waals surface area contributed by atoms with Crippen LogP contribution in [0.15, 0.2) is 72.8 Å². The maximum Gasteiger partial charge on any atom is 0.293 e. The van der Waals surface area contributed by atoms with Gasteiger partial charge in [-0.15, -0.1) is 0 Å². The highest BCUT2D eigenvalue weighted by Gasteiger charge is 2.17. The molecule has 1 N–H and O–H groups in total. The fourth-order valence-electron chi connectivity index (χ4n) is 3.96. The molecule has 0 aliphatic rings. The minimum absolute atomic E-state index is 0.102. The lowest BCUT2D eigenvalue weighted by Gasteiger charge is -2.19. The quantitative estimate of drug-likeness (QED) is 0.253. The summed E-state index contributed by atoms with van der Waals surface area (Å²) in [6.45, 7) is 7.36. The van der Waals surface area contributed by atoms with E-state index in [-0.39, 0.29) is 17.5 Å². The Balaban J connectivity index is 1.59. The lowest BCUT2D eigenvalue weighted by Crippen LogP contribution is -2.27. The third kappa shape index (κ3) is 7.14. The van der Waals surface area contributed by atoms with Gasteiger partial charge in [-0.1, -0.05) is 13.8 Å². The summed E-state index contributed by atoms with van der Waals surface area (Å²) < 4.78 is 38.4. The number of amides is 1. The number of carbonyl (C=O) groups excluding carboxylic acids is 1. The number of nitrogens with zero attached hydrogens (tertiary/aromatic N) is 3. The SMILES string of the molecule is CCN(CC)CCOc1ccc(NC(=O)c2nc(-c3ccc(F)cc3)cc(-c3ccc(F)cc3)n2)cc1OC. The monoisotopic (exact) mass is 532 g/mol. The van der Waals surface area contributed by atoms with Crippen molar-refractivity contribution in [2.45, 2.75) is 13.8 Å². The first-order valence-electron chi connectivity index (χ1n) is 12.7. The third-order valence-corrected chi connectivity index (χ3v) is 6.19. The third-order valence-electron chi connectivity index (χ3n) is 6.19.